The Bertz CT molecular complexity index is 741. The number of nitrogens with zero attached hydrogens (tertiary/aromatic N) is 1. The van der Waals surface area contributed by atoms with Gasteiger partial charge < -0.3 is 10.6 Å². The van der Waals surface area contributed by atoms with Crippen LogP contribution >= 0.6 is 0 Å². The van der Waals surface area contributed by atoms with Crippen LogP contribution < -0.4 is 10.6 Å². The predicted octanol–water partition coefficient (Wildman–Crippen LogP) is 3.07. The summed E-state index contributed by atoms with van der Waals surface area (Å²) in [7, 11) is 0. The van der Waals surface area contributed by atoms with Gasteiger partial charge >= 0.3 is 6.03 Å². The van der Waals surface area contributed by atoms with Crippen LogP contribution in [0.2, 0.25) is 0 Å². The quantitative estimate of drug-likeness (QED) is 0.816. The molecular formula is C20H27N3O3. The lowest BCUT2D eigenvalue weighted by Gasteiger charge is -2.43. The monoisotopic (exact) mass is 357 g/mol. The Morgan fingerprint density at radius 3 is 2.50 bits per heavy atom. The highest BCUT2D eigenvalue weighted by Crippen LogP contribution is 2.46. The van der Waals surface area contributed by atoms with Gasteiger partial charge in [0.05, 0.1) is 0 Å². The second-order valence-electron chi connectivity index (χ2n) is 8.67. The van der Waals surface area contributed by atoms with E-state index in [1.807, 2.05) is 19.1 Å². The number of benzene rings is 1. The molecule has 1 aromatic carbocycles. The molecular weight excluding hydrogens is 330 g/mol. The number of aryl methyl sites for hydroxylation is 1. The molecule has 1 saturated heterocycles. The standard InChI is InChI=1S/C20H27N3O3/c1-13-5-7-15(8-6-13)21-16(24)11-23-17(25)20(22-18(23)26)10-14(2)9-19(3,4)12-20/h5-8,14H,9-12H2,1-4H3,(H,21,24)(H,22,26)/t14-,20-/m1/s1. The molecule has 2 fully saturated rings. The number of imide groups is 1. The number of hydrogen-bond donors (Lipinski definition) is 2. The maximum atomic E-state index is 13.0. The first-order valence-corrected chi connectivity index (χ1v) is 9.11. The molecule has 1 aliphatic carbocycles. The molecule has 2 N–H and O–H groups in total. The summed E-state index contributed by atoms with van der Waals surface area (Å²) in [6.07, 6.45) is 2.24. The summed E-state index contributed by atoms with van der Waals surface area (Å²) >= 11 is 0. The minimum Gasteiger partial charge on any atom is -0.325 e. The summed E-state index contributed by atoms with van der Waals surface area (Å²) in [5.74, 6) is -0.317. The van der Waals surface area contributed by atoms with E-state index < -0.39 is 11.6 Å². The second kappa shape index (κ2) is 6.41. The van der Waals surface area contributed by atoms with E-state index in [0.717, 1.165) is 16.9 Å². The first-order valence-electron chi connectivity index (χ1n) is 9.11. The van der Waals surface area contributed by atoms with Crippen molar-refractivity contribution in [3.8, 4) is 0 Å². The lowest BCUT2D eigenvalue weighted by molar-refractivity contribution is -0.136. The Hall–Kier alpha value is -2.37. The van der Waals surface area contributed by atoms with E-state index in [1.165, 1.54) is 0 Å². The first kappa shape index (κ1) is 18.4. The SMILES string of the molecule is Cc1ccc(NC(=O)CN2C(=O)N[C@@]3(C[C@H](C)CC(C)(C)C3)C2=O)cc1. The molecule has 2 aliphatic rings. The molecule has 1 aromatic rings. The Balaban J connectivity index is 1.71. The molecule has 140 valence electrons. The average Bonchev–Trinajstić information content (AvgIpc) is 2.71. The average molecular weight is 357 g/mol. The normalized spacial score (nSPS) is 27.5. The molecule has 0 bridgehead atoms. The fraction of sp³-hybridized carbons (Fsp3) is 0.550. The van der Waals surface area contributed by atoms with Crippen molar-refractivity contribution in [2.75, 3.05) is 11.9 Å². The van der Waals surface area contributed by atoms with Crippen LogP contribution in [0.5, 0.6) is 0 Å². The van der Waals surface area contributed by atoms with Gasteiger partial charge in [0, 0.05) is 5.69 Å². The van der Waals surface area contributed by atoms with Crippen molar-refractivity contribution in [2.45, 2.75) is 52.5 Å². The number of rotatable bonds is 3. The topological polar surface area (TPSA) is 78.5 Å². The lowest BCUT2D eigenvalue weighted by atomic mass is 9.64. The summed E-state index contributed by atoms with van der Waals surface area (Å²) in [6, 6.07) is 6.91. The van der Waals surface area contributed by atoms with Gasteiger partial charge in [0.15, 0.2) is 0 Å². The van der Waals surface area contributed by atoms with Gasteiger partial charge in [-0.15, -0.1) is 0 Å². The number of amides is 4. The molecule has 6 nitrogen and oxygen atoms in total. The Kier molecular flexibility index (Phi) is 4.54. The van der Waals surface area contributed by atoms with Crippen molar-refractivity contribution in [3.63, 3.8) is 0 Å². The predicted molar refractivity (Wildman–Crippen MR) is 99.6 cm³/mol. The molecule has 1 saturated carbocycles. The summed E-state index contributed by atoms with van der Waals surface area (Å²) in [4.78, 5) is 38.8. The number of carbonyl (C=O) groups is 3. The van der Waals surface area contributed by atoms with Crippen LogP contribution in [0.1, 0.15) is 45.6 Å². The van der Waals surface area contributed by atoms with Crippen LogP contribution in [-0.2, 0) is 9.59 Å². The number of carbonyl (C=O) groups excluding carboxylic acids is 3. The molecule has 1 heterocycles. The van der Waals surface area contributed by atoms with Crippen molar-refractivity contribution in [1.29, 1.82) is 0 Å². The minimum atomic E-state index is -0.873. The van der Waals surface area contributed by atoms with Gasteiger partial charge in [-0.3, -0.25) is 14.5 Å². The maximum Gasteiger partial charge on any atom is 0.325 e. The molecule has 26 heavy (non-hydrogen) atoms. The third-order valence-electron chi connectivity index (χ3n) is 5.26. The molecule has 0 radical (unpaired) electrons. The molecule has 4 amide bonds. The van der Waals surface area contributed by atoms with E-state index in [2.05, 4.69) is 31.4 Å². The molecule has 0 unspecified atom stereocenters. The highest BCUT2D eigenvalue weighted by Gasteiger charge is 2.56. The third kappa shape index (κ3) is 3.59. The van der Waals surface area contributed by atoms with Gasteiger partial charge in [-0.1, -0.05) is 38.5 Å². The Morgan fingerprint density at radius 1 is 1.23 bits per heavy atom. The van der Waals surface area contributed by atoms with Crippen molar-refractivity contribution in [3.05, 3.63) is 29.8 Å². The van der Waals surface area contributed by atoms with E-state index in [-0.39, 0.29) is 23.8 Å². The van der Waals surface area contributed by atoms with Crippen LogP contribution in [0.4, 0.5) is 10.5 Å². The number of urea groups is 1. The van der Waals surface area contributed by atoms with Crippen LogP contribution in [0, 0.1) is 18.3 Å². The van der Waals surface area contributed by atoms with Crippen molar-refractivity contribution in [1.82, 2.24) is 10.2 Å². The Morgan fingerprint density at radius 2 is 1.88 bits per heavy atom. The summed E-state index contributed by atoms with van der Waals surface area (Å²) in [6.45, 7) is 8.04. The van der Waals surface area contributed by atoms with E-state index >= 15 is 0 Å². The maximum absolute atomic E-state index is 13.0. The molecule has 2 atom stereocenters. The molecule has 1 aliphatic heterocycles. The van der Waals surface area contributed by atoms with Crippen molar-refractivity contribution in [2.24, 2.45) is 11.3 Å². The van der Waals surface area contributed by atoms with Gasteiger partial charge in [0.25, 0.3) is 5.91 Å². The zero-order valence-corrected chi connectivity index (χ0v) is 15.9. The fourth-order valence-corrected chi connectivity index (χ4v) is 4.63. The second-order valence-corrected chi connectivity index (χ2v) is 8.67. The fourth-order valence-electron chi connectivity index (χ4n) is 4.63. The Labute approximate surface area is 154 Å². The van der Waals surface area contributed by atoms with Gasteiger partial charge in [-0.05, 0) is 49.7 Å². The number of anilines is 1. The molecule has 0 aromatic heterocycles. The largest absolute Gasteiger partial charge is 0.325 e. The van der Waals surface area contributed by atoms with Crippen molar-refractivity contribution >= 4 is 23.5 Å². The van der Waals surface area contributed by atoms with E-state index in [1.54, 1.807) is 12.1 Å². The van der Waals surface area contributed by atoms with Gasteiger partial charge in [0.2, 0.25) is 5.91 Å². The smallest absolute Gasteiger partial charge is 0.325 e. The van der Waals surface area contributed by atoms with Gasteiger partial charge in [-0.2, -0.15) is 0 Å². The number of nitrogens with one attached hydrogen (secondary N) is 2. The third-order valence-corrected chi connectivity index (χ3v) is 5.26. The van der Waals surface area contributed by atoms with Crippen LogP contribution in [0.3, 0.4) is 0 Å². The molecule has 1 spiro atoms. The number of hydrogen-bond acceptors (Lipinski definition) is 3. The zero-order valence-electron chi connectivity index (χ0n) is 15.9. The highest BCUT2D eigenvalue weighted by atomic mass is 16.2. The summed E-state index contributed by atoms with van der Waals surface area (Å²) in [5.41, 5.74) is 0.839. The van der Waals surface area contributed by atoms with Crippen LogP contribution in [-0.4, -0.2) is 34.8 Å². The lowest BCUT2D eigenvalue weighted by Crippen LogP contribution is -2.54. The summed E-state index contributed by atoms with van der Waals surface area (Å²) < 4.78 is 0. The van der Waals surface area contributed by atoms with Crippen LogP contribution in [0.25, 0.3) is 0 Å². The van der Waals surface area contributed by atoms with Gasteiger partial charge in [0.1, 0.15) is 12.1 Å². The van der Waals surface area contributed by atoms with E-state index in [4.69, 9.17) is 0 Å². The van der Waals surface area contributed by atoms with Gasteiger partial charge in [-0.25, -0.2) is 4.79 Å². The van der Waals surface area contributed by atoms with E-state index in [0.29, 0.717) is 24.4 Å². The zero-order chi connectivity index (χ0) is 19.1. The first-order chi connectivity index (χ1) is 12.1. The summed E-state index contributed by atoms with van der Waals surface area (Å²) in [5, 5.41) is 5.63. The molecule has 6 heteroatoms. The van der Waals surface area contributed by atoms with Crippen molar-refractivity contribution < 1.29 is 14.4 Å². The molecule has 3 rings (SSSR count). The van der Waals surface area contributed by atoms with Crippen LogP contribution in [0.15, 0.2) is 24.3 Å². The van der Waals surface area contributed by atoms with E-state index in [9.17, 15) is 14.4 Å². The minimum absolute atomic E-state index is 0.0270. The highest BCUT2D eigenvalue weighted by molar-refractivity contribution is 6.10.